The van der Waals surface area contributed by atoms with Gasteiger partial charge in [0.15, 0.2) is 16.9 Å². The number of nitrogens with zero attached hydrogens (tertiary/aromatic N) is 3. The summed E-state index contributed by atoms with van der Waals surface area (Å²) < 4.78 is 11.6. The number of hydrogen-bond acceptors (Lipinski definition) is 12. The van der Waals surface area contributed by atoms with E-state index in [1.165, 1.54) is 16.7 Å². The Kier molecular flexibility index (Phi) is 13.0. The third-order valence-electron chi connectivity index (χ3n) is 10.2. The molecule has 1 aromatic heterocycles. The molecule has 5 aromatic carbocycles. The number of fused-ring (bicyclic) bond motifs is 1. The molecule has 0 radical (unpaired) electrons. The van der Waals surface area contributed by atoms with Crippen molar-refractivity contribution >= 4 is 70.4 Å². The Balaban J connectivity index is 1.12. The van der Waals surface area contributed by atoms with E-state index in [9.17, 15) is 19.2 Å². The summed E-state index contributed by atoms with van der Waals surface area (Å²) in [7, 11) is 0. The average molecular weight is 910 g/mol. The molecule has 2 N–H and O–H groups in total. The number of oxime groups is 1. The molecule has 0 unspecified atom stereocenters. The fraction of sp³-hybridized carbons (Fsp3) is 0.184. The summed E-state index contributed by atoms with van der Waals surface area (Å²) in [5.74, 6) is -1.78. The van der Waals surface area contributed by atoms with Crippen LogP contribution >= 0.6 is 35.7 Å². The number of rotatable bonds is 13. The molecule has 2 aliphatic heterocycles. The highest BCUT2D eigenvalue weighted by atomic mass is 32.2. The van der Waals surface area contributed by atoms with Gasteiger partial charge in [0, 0.05) is 32.7 Å². The number of thiol groups is 1. The number of hydrogen-bond donors (Lipinski definition) is 3. The van der Waals surface area contributed by atoms with Crippen molar-refractivity contribution in [2.75, 3.05) is 11.1 Å². The van der Waals surface area contributed by atoms with E-state index in [1.807, 2.05) is 152 Å². The van der Waals surface area contributed by atoms with Crippen LogP contribution in [0, 0.1) is 0 Å². The van der Waals surface area contributed by atoms with Crippen molar-refractivity contribution in [3.8, 4) is 0 Å². The molecule has 0 saturated carbocycles. The van der Waals surface area contributed by atoms with Crippen LogP contribution in [0.15, 0.2) is 173 Å². The van der Waals surface area contributed by atoms with E-state index in [1.54, 1.807) is 26.2 Å². The lowest BCUT2D eigenvalue weighted by molar-refractivity contribution is -0.154. The molecule has 12 nitrogen and oxygen atoms in total. The van der Waals surface area contributed by atoms with E-state index in [4.69, 9.17) is 14.3 Å². The lowest BCUT2D eigenvalue weighted by Gasteiger charge is -2.49. The second-order valence-corrected chi connectivity index (χ2v) is 18.2. The highest BCUT2D eigenvalue weighted by Crippen LogP contribution is 2.43. The zero-order valence-corrected chi connectivity index (χ0v) is 37.4. The molecule has 0 spiro atoms. The number of thiazole rings is 1. The van der Waals surface area contributed by atoms with Crippen molar-refractivity contribution in [2.24, 2.45) is 5.16 Å². The van der Waals surface area contributed by atoms with Gasteiger partial charge in [-0.25, -0.2) is 14.6 Å². The van der Waals surface area contributed by atoms with Crippen LogP contribution in [-0.4, -0.2) is 62.2 Å². The van der Waals surface area contributed by atoms with Gasteiger partial charge in [-0.3, -0.25) is 19.8 Å². The second kappa shape index (κ2) is 19.0. The number of benzene rings is 5. The van der Waals surface area contributed by atoms with Gasteiger partial charge in [0.05, 0.1) is 0 Å². The molecule has 8 rings (SSSR count). The smallest absolute Gasteiger partial charge is 0.413 e. The summed E-state index contributed by atoms with van der Waals surface area (Å²) in [5, 5.41) is 11.1. The SMILES string of the molecule is CC(C)(C)OC(=O)Nc1nc(C(=NOC(c2ccccc2)(c2ccccc2)c2ccccc2)C(=O)N[C@@H]2C(=O)N3C(C(=O)OC(c4ccccc4)c4ccccc4)=C(S)CS[C@H]23)cs1. The molecule has 2 aliphatic rings. The third kappa shape index (κ3) is 9.32. The minimum atomic E-state index is -1.37. The highest BCUT2D eigenvalue weighted by Gasteiger charge is 2.55. The van der Waals surface area contributed by atoms with Crippen LogP contribution in [0.1, 0.15) is 60.4 Å². The van der Waals surface area contributed by atoms with E-state index in [2.05, 4.69) is 33.4 Å². The third-order valence-corrected chi connectivity index (χ3v) is 12.9. The number of β-lactam (4-membered cyclic amide) rings is 1. The zero-order valence-electron chi connectivity index (χ0n) is 34.9. The summed E-state index contributed by atoms with van der Waals surface area (Å²) >= 11 is 7.03. The quantitative estimate of drug-likeness (QED) is 0.0258. The van der Waals surface area contributed by atoms with Crippen molar-refractivity contribution in [3.05, 3.63) is 201 Å². The van der Waals surface area contributed by atoms with Gasteiger partial charge in [-0.1, -0.05) is 157 Å². The average Bonchev–Trinajstić information content (AvgIpc) is 3.77. The summed E-state index contributed by atoms with van der Waals surface area (Å²) in [6.07, 6.45) is -1.49. The summed E-state index contributed by atoms with van der Waals surface area (Å²) in [6.45, 7) is 5.22. The Morgan fingerprint density at radius 1 is 0.781 bits per heavy atom. The largest absolute Gasteiger partial charge is 0.448 e. The Morgan fingerprint density at radius 3 is 1.78 bits per heavy atom. The van der Waals surface area contributed by atoms with Crippen molar-refractivity contribution in [3.63, 3.8) is 0 Å². The molecule has 2 atom stereocenters. The molecule has 324 valence electrons. The minimum Gasteiger partial charge on any atom is -0.448 e. The van der Waals surface area contributed by atoms with E-state index >= 15 is 0 Å². The zero-order chi connectivity index (χ0) is 44.8. The predicted molar refractivity (Wildman–Crippen MR) is 251 cm³/mol. The van der Waals surface area contributed by atoms with Gasteiger partial charge in [-0.05, 0) is 31.9 Å². The molecule has 3 amide bonds. The normalized spacial score (nSPS) is 16.4. The molecule has 6 aromatic rings. The number of ether oxygens (including phenoxy) is 2. The van der Waals surface area contributed by atoms with Crippen LogP contribution in [0.4, 0.5) is 9.93 Å². The number of amides is 3. The Morgan fingerprint density at radius 2 is 1.28 bits per heavy atom. The fourth-order valence-corrected chi connectivity index (χ4v) is 9.68. The standard InChI is InChI=1S/C49H43N5O7S3/c1-48(2,3)60-47(58)52-46-50-36(29-64-46)38(53-61-49(33-23-13-6-14-24-33,34-25-15-7-16-26-34)35-27-17-8-18-28-35)42(55)51-39-43(56)54-40(37(62)30-63-44(39)54)45(57)59-41(31-19-9-4-10-20-31)32-21-11-5-12-22-32/h4-29,39,41,44,62H,30H2,1-3H3,(H,51,55)(H,50,52,58)/t39-,44-/m1/s1. The number of esters is 1. The molecule has 64 heavy (non-hydrogen) atoms. The second-order valence-electron chi connectivity index (χ2n) is 15.7. The van der Waals surface area contributed by atoms with Crippen LogP contribution in [0.5, 0.6) is 0 Å². The molecular weight excluding hydrogens is 867 g/mol. The Bertz CT molecular complexity index is 2560. The van der Waals surface area contributed by atoms with E-state index < -0.39 is 52.6 Å². The van der Waals surface area contributed by atoms with E-state index in [0.717, 1.165) is 39.2 Å². The predicted octanol–water partition coefficient (Wildman–Crippen LogP) is 9.08. The molecule has 15 heteroatoms. The maximum absolute atomic E-state index is 14.7. The number of carbonyl (C=O) groups is 4. The maximum atomic E-state index is 14.7. The van der Waals surface area contributed by atoms with Gasteiger partial charge in [0.1, 0.15) is 28.4 Å². The maximum Gasteiger partial charge on any atom is 0.413 e. The summed E-state index contributed by atoms with van der Waals surface area (Å²) in [6, 6.07) is 46.1. The van der Waals surface area contributed by atoms with Gasteiger partial charge in [-0.2, -0.15) is 0 Å². The topological polar surface area (TPSA) is 149 Å². The van der Waals surface area contributed by atoms with Gasteiger partial charge >= 0.3 is 12.1 Å². The minimum absolute atomic E-state index is 0.00685. The number of thioether (sulfide) groups is 1. The van der Waals surface area contributed by atoms with Crippen molar-refractivity contribution in [1.29, 1.82) is 0 Å². The van der Waals surface area contributed by atoms with Gasteiger partial charge in [0.25, 0.3) is 11.8 Å². The van der Waals surface area contributed by atoms with Crippen molar-refractivity contribution < 1.29 is 33.5 Å². The van der Waals surface area contributed by atoms with E-state index in [0.29, 0.717) is 4.91 Å². The number of nitrogens with one attached hydrogen (secondary N) is 2. The van der Waals surface area contributed by atoms with Gasteiger partial charge < -0.3 is 19.6 Å². The number of aromatic nitrogens is 1. The first-order valence-electron chi connectivity index (χ1n) is 20.3. The molecule has 0 aliphatic carbocycles. The van der Waals surface area contributed by atoms with Crippen LogP contribution in [0.2, 0.25) is 0 Å². The molecule has 1 fully saturated rings. The van der Waals surface area contributed by atoms with Gasteiger partial charge in [-0.15, -0.1) is 35.7 Å². The van der Waals surface area contributed by atoms with E-state index in [-0.39, 0.29) is 28.0 Å². The Labute approximate surface area is 384 Å². The number of carbonyl (C=O) groups excluding carboxylic acids is 4. The van der Waals surface area contributed by atoms with Gasteiger partial charge in [0.2, 0.25) is 5.60 Å². The summed E-state index contributed by atoms with van der Waals surface area (Å²) in [5.41, 5.74) is 1.33. The molecule has 3 heterocycles. The highest BCUT2D eigenvalue weighted by molar-refractivity contribution is 8.01. The number of anilines is 1. The molecular formula is C49H43N5O7S3. The lowest BCUT2D eigenvalue weighted by Crippen LogP contribution is -2.71. The molecule has 0 bridgehead atoms. The lowest BCUT2D eigenvalue weighted by atomic mass is 9.80. The Hall–Kier alpha value is -6.68. The summed E-state index contributed by atoms with van der Waals surface area (Å²) in [4.78, 5) is 68.7. The van der Waals surface area contributed by atoms with Crippen molar-refractivity contribution in [2.45, 2.75) is 49.5 Å². The monoisotopic (exact) mass is 909 g/mol. The van der Waals surface area contributed by atoms with Crippen LogP contribution in [-0.2, 0) is 34.3 Å². The van der Waals surface area contributed by atoms with Crippen molar-refractivity contribution in [1.82, 2.24) is 15.2 Å². The molecule has 1 saturated heterocycles. The van der Waals surface area contributed by atoms with Crippen LogP contribution in [0.25, 0.3) is 0 Å². The van der Waals surface area contributed by atoms with Crippen LogP contribution in [0.3, 0.4) is 0 Å². The van der Waals surface area contributed by atoms with Crippen LogP contribution < -0.4 is 10.6 Å². The first kappa shape index (κ1) is 43.9. The first-order valence-corrected chi connectivity index (χ1v) is 22.7. The first-order chi connectivity index (χ1) is 30.9. The fourth-order valence-electron chi connectivity index (χ4n) is 7.38.